The first-order chi connectivity index (χ1) is 11.3. The molecule has 10 heteroatoms. The highest BCUT2D eigenvalue weighted by molar-refractivity contribution is 5.94. The fourth-order valence-electron chi connectivity index (χ4n) is 1.61. The monoisotopic (exact) mass is 347 g/mol. The number of anilines is 1. The maximum atomic E-state index is 12.0. The third-order valence-corrected chi connectivity index (χ3v) is 2.56. The van der Waals surface area contributed by atoms with Crippen molar-refractivity contribution in [3.05, 3.63) is 36.3 Å². The van der Waals surface area contributed by atoms with Crippen LogP contribution in [0.5, 0.6) is 5.75 Å². The van der Waals surface area contributed by atoms with Gasteiger partial charge < -0.3 is 24.3 Å². The predicted molar refractivity (Wildman–Crippen MR) is 72.7 cm³/mol. The van der Waals surface area contributed by atoms with Crippen molar-refractivity contribution in [2.75, 3.05) is 25.1 Å². The first-order valence-electron chi connectivity index (χ1n) is 6.61. The maximum Gasteiger partial charge on any atom is 0.573 e. The van der Waals surface area contributed by atoms with E-state index in [0.29, 0.717) is 6.61 Å². The van der Waals surface area contributed by atoms with E-state index in [1.54, 1.807) is 0 Å². The van der Waals surface area contributed by atoms with Gasteiger partial charge in [0, 0.05) is 5.69 Å². The lowest BCUT2D eigenvalue weighted by atomic mass is 10.3. The van der Waals surface area contributed by atoms with Crippen molar-refractivity contribution in [2.24, 2.45) is 0 Å². The van der Waals surface area contributed by atoms with Crippen molar-refractivity contribution < 1.29 is 41.7 Å². The van der Waals surface area contributed by atoms with Crippen LogP contribution >= 0.6 is 0 Å². The molecule has 1 aliphatic heterocycles. The SMILES string of the molecule is O=C(COC(=O)C1=COCCO1)Nc1ccc(OC(F)(F)F)cc1. The molecular weight excluding hydrogens is 335 g/mol. The van der Waals surface area contributed by atoms with Gasteiger partial charge >= 0.3 is 12.3 Å². The molecule has 130 valence electrons. The molecule has 2 rings (SSSR count). The Kier molecular flexibility index (Phi) is 5.51. The van der Waals surface area contributed by atoms with E-state index >= 15 is 0 Å². The van der Waals surface area contributed by atoms with E-state index in [1.807, 2.05) is 0 Å². The largest absolute Gasteiger partial charge is 0.573 e. The highest BCUT2D eigenvalue weighted by Crippen LogP contribution is 2.23. The van der Waals surface area contributed by atoms with Crippen molar-refractivity contribution in [1.82, 2.24) is 0 Å². The molecule has 1 amide bonds. The van der Waals surface area contributed by atoms with Gasteiger partial charge in [0.1, 0.15) is 25.2 Å². The van der Waals surface area contributed by atoms with E-state index in [0.717, 1.165) is 18.4 Å². The highest BCUT2D eigenvalue weighted by atomic mass is 19.4. The Balaban J connectivity index is 1.79. The average Bonchev–Trinajstić information content (AvgIpc) is 2.54. The molecule has 7 nitrogen and oxygen atoms in total. The van der Waals surface area contributed by atoms with Gasteiger partial charge in [0.15, 0.2) is 6.61 Å². The smallest absolute Gasteiger partial charge is 0.493 e. The van der Waals surface area contributed by atoms with Gasteiger partial charge in [-0.1, -0.05) is 0 Å². The number of carbonyl (C=O) groups excluding carboxylic acids is 2. The molecule has 1 aliphatic rings. The number of carbonyl (C=O) groups is 2. The molecule has 0 aromatic heterocycles. The Morgan fingerprint density at radius 2 is 1.88 bits per heavy atom. The summed E-state index contributed by atoms with van der Waals surface area (Å²) in [6.45, 7) is -0.0921. The number of nitrogens with one attached hydrogen (secondary N) is 1. The molecule has 1 N–H and O–H groups in total. The lowest BCUT2D eigenvalue weighted by molar-refractivity contribution is -0.274. The Labute approximate surface area is 133 Å². The van der Waals surface area contributed by atoms with Crippen molar-refractivity contribution in [3.8, 4) is 5.75 Å². The second kappa shape index (κ2) is 7.57. The molecule has 0 unspecified atom stereocenters. The number of esters is 1. The molecule has 0 radical (unpaired) electrons. The summed E-state index contributed by atoms with van der Waals surface area (Å²) in [5, 5.41) is 2.35. The third kappa shape index (κ3) is 5.71. The average molecular weight is 347 g/mol. The molecular formula is C14H12F3NO6. The number of halogens is 3. The summed E-state index contributed by atoms with van der Waals surface area (Å²) in [5.41, 5.74) is 0.210. The van der Waals surface area contributed by atoms with Crippen LogP contribution < -0.4 is 10.1 Å². The Morgan fingerprint density at radius 1 is 1.17 bits per heavy atom. The molecule has 1 aromatic carbocycles. The maximum absolute atomic E-state index is 12.0. The minimum Gasteiger partial charge on any atom is -0.493 e. The third-order valence-electron chi connectivity index (χ3n) is 2.56. The molecule has 0 fully saturated rings. The summed E-state index contributed by atoms with van der Waals surface area (Å²) in [4.78, 5) is 23.2. The molecule has 1 heterocycles. The molecule has 0 atom stereocenters. The topological polar surface area (TPSA) is 83.1 Å². The van der Waals surface area contributed by atoms with E-state index < -0.39 is 30.6 Å². The van der Waals surface area contributed by atoms with Crippen LogP contribution in [0.15, 0.2) is 36.3 Å². The van der Waals surface area contributed by atoms with Crippen LogP contribution in [0, 0.1) is 0 Å². The van der Waals surface area contributed by atoms with Crippen LogP contribution in [-0.2, 0) is 23.8 Å². The van der Waals surface area contributed by atoms with Gasteiger partial charge in [0.2, 0.25) is 5.76 Å². The normalized spacial score (nSPS) is 13.9. The molecule has 0 bridgehead atoms. The Hall–Kier alpha value is -2.91. The second-order valence-electron chi connectivity index (χ2n) is 4.40. The number of amides is 1. The number of hydrogen-bond acceptors (Lipinski definition) is 6. The first-order valence-corrected chi connectivity index (χ1v) is 6.61. The summed E-state index contributed by atoms with van der Waals surface area (Å²) in [6.07, 6.45) is -3.71. The molecule has 1 aromatic rings. The number of benzene rings is 1. The van der Waals surface area contributed by atoms with Crippen molar-refractivity contribution in [2.45, 2.75) is 6.36 Å². The van der Waals surface area contributed by atoms with Gasteiger partial charge in [-0.2, -0.15) is 0 Å². The van der Waals surface area contributed by atoms with Crippen molar-refractivity contribution >= 4 is 17.6 Å². The number of rotatable bonds is 5. The van der Waals surface area contributed by atoms with Crippen molar-refractivity contribution in [3.63, 3.8) is 0 Å². The summed E-state index contributed by atoms with van der Waals surface area (Å²) in [6, 6.07) is 4.49. The van der Waals surface area contributed by atoms with Gasteiger partial charge in [-0.05, 0) is 24.3 Å². The standard InChI is InChI=1S/C14H12F3NO6/c15-14(16,17)24-10-3-1-9(2-4-10)18-12(19)8-23-13(20)11-7-21-5-6-22-11/h1-4,7H,5-6,8H2,(H,18,19). The molecule has 0 aliphatic carbocycles. The zero-order valence-electron chi connectivity index (χ0n) is 12.1. The molecule has 0 saturated carbocycles. The van der Waals surface area contributed by atoms with E-state index in [4.69, 9.17) is 14.2 Å². The van der Waals surface area contributed by atoms with Gasteiger partial charge in [-0.25, -0.2) is 4.79 Å². The lowest BCUT2D eigenvalue weighted by Gasteiger charge is -2.14. The number of ether oxygens (including phenoxy) is 4. The van der Waals surface area contributed by atoms with E-state index in [9.17, 15) is 22.8 Å². The number of alkyl halides is 3. The quantitative estimate of drug-likeness (QED) is 0.820. The lowest BCUT2D eigenvalue weighted by Crippen LogP contribution is -2.23. The van der Waals surface area contributed by atoms with Crippen LogP contribution in [0.4, 0.5) is 18.9 Å². The molecule has 0 saturated heterocycles. The first kappa shape index (κ1) is 17.4. The van der Waals surface area contributed by atoms with Gasteiger partial charge in [-0.15, -0.1) is 13.2 Å². The van der Waals surface area contributed by atoms with Gasteiger partial charge in [-0.3, -0.25) is 4.79 Å². The minimum absolute atomic E-state index is 0.150. The van der Waals surface area contributed by atoms with E-state index in [-0.39, 0.29) is 18.1 Å². The Bertz CT molecular complexity index is 626. The van der Waals surface area contributed by atoms with Gasteiger partial charge in [0.05, 0.1) is 0 Å². The van der Waals surface area contributed by atoms with E-state index in [1.165, 1.54) is 12.1 Å². The van der Waals surface area contributed by atoms with Gasteiger partial charge in [0.25, 0.3) is 5.91 Å². The Morgan fingerprint density at radius 3 is 2.46 bits per heavy atom. The molecule has 0 spiro atoms. The number of hydrogen-bond donors (Lipinski definition) is 1. The summed E-state index contributed by atoms with van der Waals surface area (Å²) < 4.78 is 54.3. The predicted octanol–water partition coefficient (Wildman–Crippen LogP) is 1.96. The summed E-state index contributed by atoms with van der Waals surface area (Å²) in [5.74, 6) is -2.11. The second-order valence-corrected chi connectivity index (χ2v) is 4.40. The zero-order valence-corrected chi connectivity index (χ0v) is 12.1. The fraction of sp³-hybridized carbons (Fsp3) is 0.286. The van der Waals surface area contributed by atoms with E-state index in [2.05, 4.69) is 10.1 Å². The van der Waals surface area contributed by atoms with Crippen LogP contribution in [0.25, 0.3) is 0 Å². The summed E-state index contributed by atoms with van der Waals surface area (Å²) >= 11 is 0. The van der Waals surface area contributed by atoms with Crippen LogP contribution in [-0.4, -0.2) is 38.1 Å². The van der Waals surface area contributed by atoms with Crippen LogP contribution in [0.3, 0.4) is 0 Å². The van der Waals surface area contributed by atoms with Crippen LogP contribution in [0.1, 0.15) is 0 Å². The highest BCUT2D eigenvalue weighted by Gasteiger charge is 2.31. The zero-order chi connectivity index (χ0) is 17.6. The fourth-order valence-corrected chi connectivity index (χ4v) is 1.61. The van der Waals surface area contributed by atoms with Crippen molar-refractivity contribution in [1.29, 1.82) is 0 Å². The van der Waals surface area contributed by atoms with Crippen LogP contribution in [0.2, 0.25) is 0 Å². The molecule has 24 heavy (non-hydrogen) atoms. The summed E-state index contributed by atoms with van der Waals surface area (Å²) in [7, 11) is 0. The minimum atomic E-state index is -4.79.